The van der Waals surface area contributed by atoms with Crippen LogP contribution in [0.5, 0.6) is 0 Å². The number of hydrogen-bond donors (Lipinski definition) is 1. The van der Waals surface area contributed by atoms with Gasteiger partial charge >= 0.3 is 0 Å². The number of aliphatic hydroxyl groups excluding tert-OH is 1. The van der Waals surface area contributed by atoms with Crippen LogP contribution in [0.25, 0.3) is 0 Å². The standard InChI is InChI=1S/C27H44O/c1-18(2)7-6-8-19(3)23-11-12-24-22-10-9-20-17-21(28)13-15-26(20,4)25(22)14-16-27(23,24)5/h9,18-19,21,23-24,28H,6-8,10-17H2,1-5H3/t19-,21+,23-,24-,26-,27-/m1/s1. The number of allylic oxidation sites excluding steroid dienone is 3. The van der Waals surface area contributed by atoms with Crippen molar-refractivity contribution in [2.24, 2.45) is 34.5 Å². The molecule has 0 bridgehead atoms. The minimum Gasteiger partial charge on any atom is -0.393 e. The van der Waals surface area contributed by atoms with Gasteiger partial charge in [-0.15, -0.1) is 0 Å². The zero-order valence-corrected chi connectivity index (χ0v) is 19.2. The highest BCUT2D eigenvalue weighted by Gasteiger charge is 2.54. The second-order valence-electron chi connectivity index (χ2n) is 11.7. The zero-order valence-electron chi connectivity index (χ0n) is 19.2. The van der Waals surface area contributed by atoms with E-state index in [0.717, 1.165) is 42.9 Å². The second-order valence-corrected chi connectivity index (χ2v) is 11.7. The van der Waals surface area contributed by atoms with E-state index in [1.54, 1.807) is 5.57 Å². The molecule has 0 aliphatic heterocycles. The molecule has 28 heavy (non-hydrogen) atoms. The average Bonchev–Trinajstić information content (AvgIpc) is 2.99. The smallest absolute Gasteiger partial charge is 0.0578 e. The lowest BCUT2D eigenvalue weighted by atomic mass is 9.53. The maximum absolute atomic E-state index is 10.2. The molecule has 6 atom stereocenters. The summed E-state index contributed by atoms with van der Waals surface area (Å²) >= 11 is 0. The summed E-state index contributed by atoms with van der Waals surface area (Å²) in [5.74, 6) is 3.48. The van der Waals surface area contributed by atoms with E-state index >= 15 is 0 Å². The van der Waals surface area contributed by atoms with Gasteiger partial charge in [0.15, 0.2) is 0 Å². The van der Waals surface area contributed by atoms with Crippen molar-refractivity contribution in [1.82, 2.24) is 0 Å². The SMILES string of the molecule is CC(C)CCC[C@@H](C)[C@H]1CC[C@@H]2C3=C(CC[C@@]21C)[C@]1(C)CC[C@H](O)CC1=CC3. The molecule has 158 valence electrons. The van der Waals surface area contributed by atoms with E-state index in [0.29, 0.717) is 5.41 Å². The van der Waals surface area contributed by atoms with Gasteiger partial charge in [-0.3, -0.25) is 0 Å². The number of fused-ring (bicyclic) bond motifs is 4. The molecule has 2 fully saturated rings. The fraction of sp³-hybridized carbons (Fsp3) is 0.852. The minimum atomic E-state index is -0.0992. The Balaban J connectivity index is 1.53. The van der Waals surface area contributed by atoms with E-state index in [1.165, 1.54) is 51.4 Å². The lowest BCUT2D eigenvalue weighted by Gasteiger charge is -2.52. The first-order chi connectivity index (χ1) is 13.3. The fourth-order valence-electron chi connectivity index (χ4n) is 7.92. The molecule has 0 aromatic heterocycles. The Labute approximate surface area is 174 Å². The quantitative estimate of drug-likeness (QED) is 0.488. The topological polar surface area (TPSA) is 20.2 Å². The highest BCUT2D eigenvalue weighted by Crippen LogP contribution is 2.64. The van der Waals surface area contributed by atoms with Gasteiger partial charge in [-0.1, -0.05) is 76.7 Å². The van der Waals surface area contributed by atoms with Crippen LogP contribution < -0.4 is 0 Å². The van der Waals surface area contributed by atoms with E-state index < -0.39 is 0 Å². The zero-order chi connectivity index (χ0) is 20.1. The number of rotatable bonds is 5. The van der Waals surface area contributed by atoms with Crippen molar-refractivity contribution in [1.29, 1.82) is 0 Å². The Bertz CT molecular complexity index is 655. The highest BCUT2D eigenvalue weighted by atomic mass is 16.3. The lowest BCUT2D eigenvalue weighted by molar-refractivity contribution is 0.0864. The summed E-state index contributed by atoms with van der Waals surface area (Å²) in [7, 11) is 0. The van der Waals surface area contributed by atoms with Crippen molar-refractivity contribution < 1.29 is 5.11 Å². The Kier molecular flexibility index (Phi) is 5.62. The first kappa shape index (κ1) is 20.7. The van der Waals surface area contributed by atoms with Crippen LogP contribution in [0.15, 0.2) is 22.8 Å². The van der Waals surface area contributed by atoms with Gasteiger partial charge in [-0.05, 0) is 80.5 Å². The molecule has 0 unspecified atom stereocenters. The summed E-state index contributed by atoms with van der Waals surface area (Å²) in [4.78, 5) is 0. The molecular weight excluding hydrogens is 340 g/mol. The molecule has 4 aliphatic carbocycles. The van der Waals surface area contributed by atoms with Gasteiger partial charge in [-0.2, -0.15) is 0 Å². The van der Waals surface area contributed by atoms with Gasteiger partial charge in [0.2, 0.25) is 0 Å². The van der Waals surface area contributed by atoms with Crippen molar-refractivity contribution in [3.8, 4) is 0 Å². The summed E-state index contributed by atoms with van der Waals surface area (Å²) in [6.45, 7) is 12.4. The van der Waals surface area contributed by atoms with Crippen LogP contribution in [-0.4, -0.2) is 11.2 Å². The van der Waals surface area contributed by atoms with E-state index in [9.17, 15) is 5.11 Å². The van der Waals surface area contributed by atoms with Crippen LogP contribution in [0.3, 0.4) is 0 Å². The molecule has 0 heterocycles. The summed E-state index contributed by atoms with van der Waals surface area (Å²) in [6.07, 6.45) is 16.5. The average molecular weight is 385 g/mol. The molecule has 1 heteroatoms. The van der Waals surface area contributed by atoms with Crippen LogP contribution in [0, 0.1) is 34.5 Å². The van der Waals surface area contributed by atoms with E-state index in [2.05, 4.69) is 40.7 Å². The van der Waals surface area contributed by atoms with Crippen LogP contribution >= 0.6 is 0 Å². The van der Waals surface area contributed by atoms with Crippen LogP contribution in [0.1, 0.15) is 105 Å². The summed E-state index contributed by atoms with van der Waals surface area (Å²) < 4.78 is 0. The molecule has 1 nitrogen and oxygen atoms in total. The number of hydrogen-bond acceptors (Lipinski definition) is 1. The van der Waals surface area contributed by atoms with Gasteiger partial charge in [0.1, 0.15) is 0 Å². The van der Waals surface area contributed by atoms with Crippen LogP contribution in [-0.2, 0) is 0 Å². The van der Waals surface area contributed by atoms with Gasteiger partial charge in [0.05, 0.1) is 6.10 Å². The van der Waals surface area contributed by atoms with E-state index in [-0.39, 0.29) is 11.5 Å². The molecule has 4 aliphatic rings. The van der Waals surface area contributed by atoms with Crippen molar-refractivity contribution in [2.45, 2.75) is 111 Å². The second kappa shape index (κ2) is 7.60. The van der Waals surface area contributed by atoms with Crippen molar-refractivity contribution in [2.75, 3.05) is 0 Å². The van der Waals surface area contributed by atoms with Gasteiger partial charge in [0.25, 0.3) is 0 Å². The summed E-state index contributed by atoms with van der Waals surface area (Å²) in [6, 6.07) is 0. The van der Waals surface area contributed by atoms with E-state index in [1.807, 2.05) is 11.1 Å². The first-order valence-corrected chi connectivity index (χ1v) is 12.4. The Morgan fingerprint density at radius 2 is 1.86 bits per heavy atom. The Hall–Kier alpha value is -0.560. The van der Waals surface area contributed by atoms with Crippen LogP contribution in [0.4, 0.5) is 0 Å². The third-order valence-electron chi connectivity index (χ3n) is 9.64. The molecule has 0 amide bonds. The Morgan fingerprint density at radius 3 is 2.61 bits per heavy atom. The third kappa shape index (κ3) is 3.34. The third-order valence-corrected chi connectivity index (χ3v) is 9.64. The lowest BCUT2D eigenvalue weighted by Crippen LogP contribution is -2.41. The predicted molar refractivity (Wildman–Crippen MR) is 119 cm³/mol. The monoisotopic (exact) mass is 384 g/mol. The van der Waals surface area contributed by atoms with Crippen molar-refractivity contribution >= 4 is 0 Å². The molecular formula is C27H44O. The minimum absolute atomic E-state index is 0.0992. The van der Waals surface area contributed by atoms with Gasteiger partial charge < -0.3 is 5.11 Å². The molecule has 1 N–H and O–H groups in total. The highest BCUT2D eigenvalue weighted by molar-refractivity contribution is 5.43. The largest absolute Gasteiger partial charge is 0.393 e. The molecule has 0 spiro atoms. The molecule has 0 aromatic rings. The molecule has 0 radical (unpaired) electrons. The van der Waals surface area contributed by atoms with Gasteiger partial charge in [0, 0.05) is 5.41 Å². The summed E-state index contributed by atoms with van der Waals surface area (Å²) in [5, 5.41) is 10.2. The molecule has 4 rings (SSSR count). The summed E-state index contributed by atoms with van der Waals surface area (Å²) in [5.41, 5.74) is 6.02. The molecule has 0 saturated heterocycles. The Morgan fingerprint density at radius 1 is 1.07 bits per heavy atom. The van der Waals surface area contributed by atoms with Crippen molar-refractivity contribution in [3.63, 3.8) is 0 Å². The fourth-order valence-corrected chi connectivity index (χ4v) is 7.92. The van der Waals surface area contributed by atoms with E-state index in [4.69, 9.17) is 0 Å². The maximum Gasteiger partial charge on any atom is 0.0578 e. The van der Waals surface area contributed by atoms with Gasteiger partial charge in [-0.25, -0.2) is 0 Å². The maximum atomic E-state index is 10.2. The number of aliphatic hydroxyl groups is 1. The van der Waals surface area contributed by atoms with Crippen LogP contribution in [0.2, 0.25) is 0 Å². The predicted octanol–water partition coefficient (Wildman–Crippen LogP) is 7.45. The first-order valence-electron chi connectivity index (χ1n) is 12.4. The molecule has 0 aromatic carbocycles. The van der Waals surface area contributed by atoms with Crippen molar-refractivity contribution in [3.05, 3.63) is 22.8 Å². The molecule has 2 saturated carbocycles. The normalized spacial score (nSPS) is 41.4.